The summed E-state index contributed by atoms with van der Waals surface area (Å²) >= 11 is 7.66. The second-order valence-corrected chi connectivity index (χ2v) is 8.48. The van der Waals surface area contributed by atoms with Crippen LogP contribution in [-0.2, 0) is 0 Å². The fourth-order valence-electron chi connectivity index (χ4n) is 3.48. The van der Waals surface area contributed by atoms with Crippen LogP contribution in [0.2, 0.25) is 5.02 Å². The minimum Gasteiger partial charge on any atom is -0.364 e. The van der Waals surface area contributed by atoms with Gasteiger partial charge in [-0.2, -0.15) is 0 Å². The van der Waals surface area contributed by atoms with E-state index in [-0.39, 0.29) is 5.91 Å². The van der Waals surface area contributed by atoms with E-state index < -0.39 is 5.91 Å². The summed E-state index contributed by atoms with van der Waals surface area (Å²) in [6, 6.07) is 18.2. The molecule has 0 spiro atoms. The molecule has 0 saturated carbocycles. The molecule has 9 heteroatoms. The zero-order valence-electron chi connectivity index (χ0n) is 17.0. The lowest BCUT2D eigenvalue weighted by Gasteiger charge is -2.10. The van der Waals surface area contributed by atoms with Gasteiger partial charge in [-0.25, -0.2) is 9.97 Å². The Hall–Kier alpha value is -4.01. The second kappa shape index (κ2) is 8.50. The number of hydrogen-bond donors (Lipinski definition) is 3. The molecular weight excluding hydrogens is 458 g/mol. The minimum atomic E-state index is -0.552. The standard InChI is InChI=1S/C24H16ClN5O2S/c25-17-7-3-1-6-15(17)19-10-16(14-5-2-4-8-18(14)28-19)23(32)30-24-29-21(12-33-24)13-9-20(22(26)31)27-11-13/h1-12,27H,(H2,26,31)(H,29,30,32). The molecule has 3 heterocycles. The van der Waals surface area contributed by atoms with Gasteiger partial charge in [-0.05, 0) is 24.3 Å². The number of nitrogens with two attached hydrogens (primary N) is 1. The molecule has 0 bridgehead atoms. The monoisotopic (exact) mass is 473 g/mol. The zero-order chi connectivity index (χ0) is 22.9. The highest BCUT2D eigenvalue weighted by Crippen LogP contribution is 2.31. The summed E-state index contributed by atoms with van der Waals surface area (Å²) in [5, 5.41) is 6.37. The number of thiazole rings is 1. The fraction of sp³-hybridized carbons (Fsp3) is 0. The van der Waals surface area contributed by atoms with Gasteiger partial charge in [0.05, 0.1) is 22.5 Å². The average molecular weight is 474 g/mol. The summed E-state index contributed by atoms with van der Waals surface area (Å²) in [7, 11) is 0. The Labute approximate surface area is 197 Å². The van der Waals surface area contributed by atoms with E-state index in [0.717, 1.165) is 10.9 Å². The Kier molecular flexibility index (Phi) is 5.37. The van der Waals surface area contributed by atoms with Crippen molar-refractivity contribution in [2.75, 3.05) is 5.32 Å². The van der Waals surface area contributed by atoms with E-state index in [2.05, 4.69) is 15.3 Å². The van der Waals surface area contributed by atoms with E-state index in [9.17, 15) is 9.59 Å². The van der Waals surface area contributed by atoms with Crippen LogP contribution in [0.1, 0.15) is 20.8 Å². The molecule has 2 aromatic carbocycles. The number of nitrogens with zero attached hydrogens (tertiary/aromatic N) is 2. The molecule has 7 nitrogen and oxygen atoms in total. The number of aromatic amines is 1. The Balaban J connectivity index is 1.49. The summed E-state index contributed by atoms with van der Waals surface area (Å²) in [6.45, 7) is 0. The summed E-state index contributed by atoms with van der Waals surface area (Å²) < 4.78 is 0. The Morgan fingerprint density at radius 1 is 1.00 bits per heavy atom. The normalized spacial score (nSPS) is 10.9. The summed E-state index contributed by atoms with van der Waals surface area (Å²) in [4.78, 5) is 36.6. The third kappa shape index (κ3) is 4.09. The Morgan fingerprint density at radius 2 is 1.79 bits per heavy atom. The van der Waals surface area contributed by atoms with Gasteiger partial charge in [0.1, 0.15) is 5.69 Å². The van der Waals surface area contributed by atoms with Crippen molar-refractivity contribution in [2.45, 2.75) is 0 Å². The van der Waals surface area contributed by atoms with Crippen LogP contribution in [-0.4, -0.2) is 26.8 Å². The van der Waals surface area contributed by atoms with E-state index in [1.807, 2.05) is 42.5 Å². The molecule has 0 saturated heterocycles. The van der Waals surface area contributed by atoms with E-state index in [1.54, 1.807) is 29.8 Å². The molecule has 162 valence electrons. The summed E-state index contributed by atoms with van der Waals surface area (Å²) in [6.07, 6.45) is 1.65. The first-order valence-electron chi connectivity index (χ1n) is 9.90. The molecule has 0 aliphatic rings. The van der Waals surface area contributed by atoms with Crippen LogP contribution in [0.15, 0.2) is 72.2 Å². The first-order valence-corrected chi connectivity index (χ1v) is 11.2. The first kappa shape index (κ1) is 20.9. The number of nitrogens with one attached hydrogen (secondary N) is 2. The highest BCUT2D eigenvalue weighted by molar-refractivity contribution is 7.14. The van der Waals surface area contributed by atoms with E-state index in [1.165, 1.54) is 11.3 Å². The molecule has 0 unspecified atom stereocenters. The van der Waals surface area contributed by atoms with Gasteiger partial charge in [-0.15, -0.1) is 11.3 Å². The maximum Gasteiger partial charge on any atom is 0.265 e. The lowest BCUT2D eigenvalue weighted by molar-refractivity contribution is 0.0994. The molecule has 0 atom stereocenters. The van der Waals surface area contributed by atoms with Crippen molar-refractivity contribution in [3.8, 4) is 22.5 Å². The molecule has 0 aliphatic heterocycles. The third-order valence-electron chi connectivity index (χ3n) is 5.08. The predicted octanol–water partition coefficient (Wildman–Crippen LogP) is 5.36. The number of benzene rings is 2. The van der Waals surface area contributed by atoms with Crippen molar-refractivity contribution in [3.63, 3.8) is 0 Å². The highest BCUT2D eigenvalue weighted by Gasteiger charge is 2.17. The molecular formula is C24H16ClN5O2S. The molecule has 33 heavy (non-hydrogen) atoms. The largest absolute Gasteiger partial charge is 0.364 e. The maximum absolute atomic E-state index is 13.3. The van der Waals surface area contributed by atoms with Crippen molar-refractivity contribution in [1.29, 1.82) is 0 Å². The second-order valence-electron chi connectivity index (χ2n) is 7.21. The van der Waals surface area contributed by atoms with Crippen molar-refractivity contribution >= 4 is 50.8 Å². The number of primary amides is 1. The Bertz CT molecular complexity index is 1520. The van der Waals surface area contributed by atoms with Crippen molar-refractivity contribution in [1.82, 2.24) is 15.0 Å². The molecule has 5 aromatic rings. The Morgan fingerprint density at radius 3 is 2.58 bits per heavy atom. The molecule has 3 aromatic heterocycles. The molecule has 0 aliphatic carbocycles. The number of para-hydroxylation sites is 1. The highest BCUT2D eigenvalue weighted by atomic mass is 35.5. The molecule has 0 radical (unpaired) electrons. The predicted molar refractivity (Wildman–Crippen MR) is 131 cm³/mol. The molecule has 2 amide bonds. The van der Waals surface area contributed by atoms with Crippen LogP contribution >= 0.6 is 22.9 Å². The number of rotatable bonds is 5. The fourth-order valence-corrected chi connectivity index (χ4v) is 4.43. The van der Waals surface area contributed by atoms with Gasteiger partial charge in [0.25, 0.3) is 11.8 Å². The number of hydrogen-bond acceptors (Lipinski definition) is 5. The number of aromatic nitrogens is 3. The average Bonchev–Trinajstić information content (AvgIpc) is 3.48. The van der Waals surface area contributed by atoms with Gasteiger partial charge in [0.2, 0.25) is 0 Å². The van der Waals surface area contributed by atoms with Crippen LogP contribution in [0.3, 0.4) is 0 Å². The van der Waals surface area contributed by atoms with E-state index in [0.29, 0.717) is 43.9 Å². The van der Waals surface area contributed by atoms with Gasteiger partial charge >= 0.3 is 0 Å². The van der Waals surface area contributed by atoms with Crippen molar-refractivity contribution in [2.24, 2.45) is 5.73 Å². The number of H-pyrrole nitrogens is 1. The van der Waals surface area contributed by atoms with Gasteiger partial charge < -0.3 is 10.7 Å². The SMILES string of the molecule is NC(=O)c1cc(-c2csc(NC(=O)c3cc(-c4ccccc4Cl)nc4ccccc34)n2)c[nH]1. The number of pyridine rings is 1. The van der Waals surface area contributed by atoms with Gasteiger partial charge in [-0.3, -0.25) is 14.9 Å². The summed E-state index contributed by atoms with van der Waals surface area (Å²) in [5.74, 6) is -0.862. The molecule has 0 fully saturated rings. The lowest BCUT2D eigenvalue weighted by Crippen LogP contribution is -2.13. The lowest BCUT2D eigenvalue weighted by atomic mass is 10.0. The van der Waals surface area contributed by atoms with Crippen LogP contribution in [0, 0.1) is 0 Å². The number of amides is 2. The van der Waals surface area contributed by atoms with Crippen LogP contribution in [0.4, 0.5) is 5.13 Å². The number of halogens is 1. The molecule has 4 N–H and O–H groups in total. The first-order chi connectivity index (χ1) is 16.0. The van der Waals surface area contributed by atoms with E-state index >= 15 is 0 Å². The number of anilines is 1. The van der Waals surface area contributed by atoms with Gasteiger partial charge in [0, 0.05) is 33.1 Å². The zero-order valence-corrected chi connectivity index (χ0v) is 18.6. The van der Waals surface area contributed by atoms with Gasteiger partial charge in [-0.1, -0.05) is 48.0 Å². The van der Waals surface area contributed by atoms with Crippen LogP contribution in [0.25, 0.3) is 33.4 Å². The number of carbonyl (C=O) groups excluding carboxylic acids is 2. The van der Waals surface area contributed by atoms with Crippen molar-refractivity contribution < 1.29 is 9.59 Å². The maximum atomic E-state index is 13.3. The number of fused-ring (bicyclic) bond motifs is 1. The van der Waals surface area contributed by atoms with E-state index in [4.69, 9.17) is 22.3 Å². The molecule has 5 rings (SSSR count). The summed E-state index contributed by atoms with van der Waals surface area (Å²) in [5.41, 5.74) is 9.41. The minimum absolute atomic E-state index is 0.291. The quantitative estimate of drug-likeness (QED) is 0.319. The van der Waals surface area contributed by atoms with Gasteiger partial charge in [0.15, 0.2) is 5.13 Å². The van der Waals surface area contributed by atoms with Crippen LogP contribution in [0.5, 0.6) is 0 Å². The smallest absolute Gasteiger partial charge is 0.265 e. The van der Waals surface area contributed by atoms with Crippen molar-refractivity contribution in [3.05, 3.63) is 88.5 Å². The number of carbonyl (C=O) groups is 2. The third-order valence-corrected chi connectivity index (χ3v) is 6.17. The van der Waals surface area contributed by atoms with Crippen LogP contribution < -0.4 is 11.1 Å². The topological polar surface area (TPSA) is 114 Å².